The molecule has 11 heteroatoms. The van der Waals surface area contributed by atoms with E-state index >= 15 is 0 Å². The summed E-state index contributed by atoms with van der Waals surface area (Å²) in [7, 11) is 1.72. The first-order valence-corrected chi connectivity index (χ1v) is 13.1. The molecule has 3 heterocycles. The largest absolute Gasteiger partial charge is 0.483 e. The zero-order valence-electron chi connectivity index (χ0n) is 23.9. The number of carboxylic acid groups (broad SMARTS) is 1. The van der Waals surface area contributed by atoms with Gasteiger partial charge in [-0.2, -0.15) is 5.10 Å². The Hall–Kier alpha value is -4.41. The highest BCUT2D eigenvalue weighted by Crippen LogP contribution is 2.40. The molecule has 0 saturated heterocycles. The number of benzene rings is 1. The Labute approximate surface area is 234 Å². The van der Waals surface area contributed by atoms with Crippen LogP contribution in [0.4, 0.5) is 16.3 Å². The van der Waals surface area contributed by atoms with Crippen LogP contribution in [0.1, 0.15) is 52.6 Å². The van der Waals surface area contributed by atoms with E-state index in [1.165, 1.54) is 0 Å². The average molecular weight is 551 g/mol. The van der Waals surface area contributed by atoms with Crippen molar-refractivity contribution in [3.05, 3.63) is 60.6 Å². The summed E-state index contributed by atoms with van der Waals surface area (Å²) in [6.07, 6.45) is 5.97. The summed E-state index contributed by atoms with van der Waals surface area (Å²) >= 11 is 0. The van der Waals surface area contributed by atoms with Gasteiger partial charge in [0, 0.05) is 50.2 Å². The van der Waals surface area contributed by atoms with Crippen molar-refractivity contribution in [3.63, 3.8) is 0 Å². The number of nitrogens with one attached hydrogen (secondary N) is 1. The van der Waals surface area contributed by atoms with Gasteiger partial charge in [-0.05, 0) is 69.5 Å². The van der Waals surface area contributed by atoms with Gasteiger partial charge < -0.3 is 25.0 Å². The predicted molar refractivity (Wildman–Crippen MR) is 153 cm³/mol. The zero-order chi connectivity index (χ0) is 29.4. The van der Waals surface area contributed by atoms with Crippen molar-refractivity contribution in [3.8, 4) is 11.1 Å². The highest BCUT2D eigenvalue weighted by atomic mass is 16.6. The molecule has 0 radical (unpaired) electrons. The fourth-order valence-electron chi connectivity index (χ4n) is 4.61. The molecular weight excluding hydrogens is 512 g/mol. The number of amides is 2. The third-order valence-electron chi connectivity index (χ3n) is 6.34. The van der Waals surface area contributed by atoms with Gasteiger partial charge in [0.15, 0.2) is 0 Å². The van der Waals surface area contributed by atoms with Crippen LogP contribution in [0.15, 0.2) is 55.0 Å². The molecule has 40 heavy (non-hydrogen) atoms. The quantitative estimate of drug-likeness (QED) is 0.418. The third kappa shape index (κ3) is 7.81. The smallest absolute Gasteiger partial charge is 0.410 e. The van der Waals surface area contributed by atoms with Gasteiger partial charge in [-0.3, -0.25) is 14.3 Å². The number of hydrogen-bond donors (Lipinski definition) is 2. The lowest BCUT2D eigenvalue weighted by Crippen LogP contribution is -2.43. The Morgan fingerprint density at radius 3 is 2.58 bits per heavy atom. The fourth-order valence-corrected chi connectivity index (χ4v) is 4.61. The molecule has 0 aliphatic carbocycles. The van der Waals surface area contributed by atoms with E-state index in [0.717, 1.165) is 34.6 Å². The minimum Gasteiger partial charge on any atom is -0.483 e. The summed E-state index contributed by atoms with van der Waals surface area (Å²) in [4.78, 5) is 40.9. The first-order valence-electron chi connectivity index (χ1n) is 13.1. The topological polar surface area (TPSA) is 130 Å². The second kappa shape index (κ2) is 13.1. The number of carbonyl (C=O) groups excluding carboxylic acids is 2. The van der Waals surface area contributed by atoms with E-state index in [0.29, 0.717) is 13.1 Å². The second-order valence-electron chi connectivity index (χ2n) is 10.7. The molecule has 2 atom stereocenters. The number of fused-ring (bicyclic) bond motifs is 1. The summed E-state index contributed by atoms with van der Waals surface area (Å²) in [6.45, 7) is 10.0. The molecule has 0 fully saturated rings. The predicted octanol–water partition coefficient (Wildman–Crippen LogP) is 4.81. The molecule has 2 N–H and O–H groups in total. The Balaban J connectivity index is 0.00000141. The van der Waals surface area contributed by atoms with E-state index in [2.05, 4.69) is 28.4 Å². The molecule has 3 aromatic rings. The summed E-state index contributed by atoms with van der Waals surface area (Å²) in [5.41, 5.74) is 3.41. The maximum Gasteiger partial charge on any atom is 0.410 e. The maximum atomic E-state index is 12.5. The molecule has 1 aliphatic rings. The molecular formula is C29H38N6O5. The van der Waals surface area contributed by atoms with Crippen molar-refractivity contribution < 1.29 is 24.2 Å². The van der Waals surface area contributed by atoms with Gasteiger partial charge in [-0.1, -0.05) is 12.1 Å². The first kappa shape index (κ1) is 30.1. The van der Waals surface area contributed by atoms with Gasteiger partial charge in [-0.25, -0.2) is 9.78 Å². The summed E-state index contributed by atoms with van der Waals surface area (Å²) < 4.78 is 7.24. The van der Waals surface area contributed by atoms with Gasteiger partial charge in [0.25, 0.3) is 6.47 Å². The molecule has 0 saturated carbocycles. The van der Waals surface area contributed by atoms with E-state index in [-0.39, 0.29) is 30.6 Å². The highest BCUT2D eigenvalue weighted by molar-refractivity contribution is 5.94. The van der Waals surface area contributed by atoms with Gasteiger partial charge >= 0.3 is 6.09 Å². The highest BCUT2D eigenvalue weighted by Gasteiger charge is 2.33. The lowest BCUT2D eigenvalue weighted by molar-refractivity contribution is -0.123. The van der Waals surface area contributed by atoms with E-state index in [4.69, 9.17) is 14.6 Å². The Bertz CT molecular complexity index is 1300. The maximum absolute atomic E-state index is 12.5. The Morgan fingerprint density at radius 2 is 1.95 bits per heavy atom. The molecule has 0 bridgehead atoms. The number of carbonyl (C=O) groups is 3. The van der Waals surface area contributed by atoms with E-state index in [9.17, 15) is 9.59 Å². The first-order chi connectivity index (χ1) is 18.9. The van der Waals surface area contributed by atoms with Crippen molar-refractivity contribution in [1.82, 2.24) is 19.7 Å². The molecule has 1 aromatic carbocycles. The SMILES string of the molecule is CC(=O)N1c2ccc(-c3cnn(CCN(C)C(=O)OC(C)(C)C)c3)cc2[C@H](Nc2ccccn2)C[C@@H]1C.O=CO. The lowest BCUT2D eigenvalue weighted by atomic mass is 9.89. The van der Waals surface area contributed by atoms with Crippen LogP contribution < -0.4 is 10.2 Å². The van der Waals surface area contributed by atoms with E-state index in [1.807, 2.05) is 73.1 Å². The number of anilines is 2. The molecule has 214 valence electrons. The molecule has 11 nitrogen and oxygen atoms in total. The lowest BCUT2D eigenvalue weighted by Gasteiger charge is -2.39. The van der Waals surface area contributed by atoms with Crippen LogP contribution in [-0.2, 0) is 20.9 Å². The van der Waals surface area contributed by atoms with Crippen LogP contribution in [-0.4, -0.2) is 68.5 Å². The molecule has 4 rings (SSSR count). The fraction of sp³-hybridized carbons (Fsp3) is 0.414. The van der Waals surface area contributed by atoms with Gasteiger partial charge in [0.05, 0.1) is 18.8 Å². The van der Waals surface area contributed by atoms with Gasteiger partial charge in [-0.15, -0.1) is 0 Å². The molecule has 0 unspecified atom stereocenters. The van der Waals surface area contributed by atoms with Crippen LogP contribution in [0.2, 0.25) is 0 Å². The van der Waals surface area contributed by atoms with Crippen LogP contribution in [0.5, 0.6) is 0 Å². The third-order valence-corrected chi connectivity index (χ3v) is 6.34. The Morgan fingerprint density at radius 1 is 1.23 bits per heavy atom. The standard InChI is InChI=1S/C28H36N6O3.CH2O2/c1-19-15-24(31-26-9-7-8-12-29-26)23-16-21(10-11-25(23)34(19)20(2)35)22-17-30-33(18-22)14-13-32(6)27(36)37-28(3,4)5;2-1-3/h7-12,16-19,24H,13-15H2,1-6H3,(H,29,31);1H,(H,2,3)/t19-,24+;/m0./s1. The number of nitrogens with zero attached hydrogens (tertiary/aromatic N) is 5. The minimum atomic E-state index is -0.532. The van der Waals surface area contributed by atoms with Gasteiger partial charge in [0.2, 0.25) is 5.91 Å². The molecule has 2 amide bonds. The molecule has 2 aromatic heterocycles. The molecule has 0 spiro atoms. The van der Waals surface area contributed by atoms with Crippen molar-refractivity contribution in [2.24, 2.45) is 0 Å². The Kier molecular flexibility index (Phi) is 9.87. The molecule has 1 aliphatic heterocycles. The van der Waals surface area contributed by atoms with Crippen LogP contribution >= 0.6 is 0 Å². The number of ether oxygens (including phenoxy) is 1. The van der Waals surface area contributed by atoms with Crippen LogP contribution in [0.25, 0.3) is 11.1 Å². The average Bonchev–Trinajstić information content (AvgIpc) is 3.36. The van der Waals surface area contributed by atoms with Crippen LogP contribution in [0, 0.1) is 0 Å². The minimum absolute atomic E-state index is 0.00738. The van der Waals surface area contributed by atoms with Crippen molar-refractivity contribution in [2.45, 2.75) is 65.3 Å². The van der Waals surface area contributed by atoms with Crippen LogP contribution in [0.3, 0.4) is 0 Å². The van der Waals surface area contributed by atoms with Crippen molar-refractivity contribution in [1.29, 1.82) is 0 Å². The van der Waals surface area contributed by atoms with E-state index in [1.54, 1.807) is 25.1 Å². The number of rotatable bonds is 6. The number of aromatic nitrogens is 3. The monoisotopic (exact) mass is 550 g/mol. The zero-order valence-corrected chi connectivity index (χ0v) is 23.9. The number of likely N-dealkylation sites (N-methyl/N-ethyl adjacent to an activating group) is 1. The second-order valence-corrected chi connectivity index (χ2v) is 10.7. The van der Waals surface area contributed by atoms with Crippen molar-refractivity contribution >= 4 is 30.0 Å². The summed E-state index contributed by atoms with van der Waals surface area (Å²) in [6, 6.07) is 12.0. The van der Waals surface area contributed by atoms with Crippen molar-refractivity contribution in [2.75, 3.05) is 23.8 Å². The summed E-state index contributed by atoms with van der Waals surface area (Å²) in [5.74, 6) is 0.828. The number of hydrogen-bond acceptors (Lipinski definition) is 7. The van der Waals surface area contributed by atoms with Gasteiger partial charge in [0.1, 0.15) is 11.4 Å². The number of pyridine rings is 1. The van der Waals surface area contributed by atoms with E-state index < -0.39 is 5.60 Å². The normalized spacial score (nSPS) is 16.2. The summed E-state index contributed by atoms with van der Waals surface area (Å²) in [5, 5.41) is 14.9.